The van der Waals surface area contributed by atoms with E-state index in [9.17, 15) is 9.59 Å². The first kappa shape index (κ1) is 12.5. The summed E-state index contributed by atoms with van der Waals surface area (Å²) in [5.74, 6) is -1.51. The molecule has 2 heterocycles. The minimum absolute atomic E-state index is 0.0174. The zero-order valence-electron chi connectivity index (χ0n) is 10.5. The first-order valence-electron chi connectivity index (χ1n) is 5.95. The Morgan fingerprint density at radius 1 is 1.39 bits per heavy atom. The first-order chi connectivity index (χ1) is 8.49. The van der Waals surface area contributed by atoms with Gasteiger partial charge in [0.05, 0.1) is 5.92 Å². The molecule has 2 rings (SSSR count). The van der Waals surface area contributed by atoms with Gasteiger partial charge < -0.3 is 10.0 Å². The van der Waals surface area contributed by atoms with Crippen LogP contribution >= 0.6 is 0 Å². The second kappa shape index (κ2) is 4.76. The van der Waals surface area contributed by atoms with Gasteiger partial charge in [-0.1, -0.05) is 13.0 Å². The Hall–Kier alpha value is -1.91. The molecule has 5 heteroatoms. The Bertz CT molecular complexity index is 487. The molecule has 0 aliphatic carbocycles. The van der Waals surface area contributed by atoms with E-state index in [2.05, 4.69) is 4.98 Å². The van der Waals surface area contributed by atoms with E-state index in [1.165, 1.54) is 0 Å². The van der Waals surface area contributed by atoms with Crippen molar-refractivity contribution in [1.29, 1.82) is 0 Å². The number of nitrogens with zero attached hydrogens (tertiary/aromatic N) is 2. The van der Waals surface area contributed by atoms with E-state index in [0.29, 0.717) is 12.2 Å². The number of carbonyl (C=O) groups excluding carboxylic acids is 1. The number of aryl methyl sites for hydroxylation is 1. The van der Waals surface area contributed by atoms with Crippen LogP contribution in [0, 0.1) is 18.8 Å². The van der Waals surface area contributed by atoms with Crippen molar-refractivity contribution >= 4 is 11.9 Å². The van der Waals surface area contributed by atoms with E-state index in [4.69, 9.17) is 5.11 Å². The van der Waals surface area contributed by atoms with Gasteiger partial charge in [0.1, 0.15) is 5.69 Å². The number of aromatic nitrogens is 1. The zero-order valence-corrected chi connectivity index (χ0v) is 10.5. The third-order valence-electron chi connectivity index (χ3n) is 3.32. The molecule has 1 aliphatic rings. The van der Waals surface area contributed by atoms with Crippen LogP contribution in [-0.2, 0) is 4.79 Å². The first-order valence-corrected chi connectivity index (χ1v) is 5.95. The maximum Gasteiger partial charge on any atom is 0.308 e. The normalized spacial score (nSPS) is 23.1. The molecule has 1 N–H and O–H groups in total. The lowest BCUT2D eigenvalue weighted by Crippen LogP contribution is -2.30. The number of carbonyl (C=O) groups is 2. The highest BCUT2D eigenvalue weighted by Gasteiger charge is 2.37. The van der Waals surface area contributed by atoms with Crippen LogP contribution in [0.2, 0.25) is 0 Å². The number of aliphatic carboxylic acids is 1. The molecule has 0 bridgehead atoms. The summed E-state index contributed by atoms with van der Waals surface area (Å²) in [6, 6.07) is 5.27. The average molecular weight is 248 g/mol. The summed E-state index contributed by atoms with van der Waals surface area (Å²) in [6.07, 6.45) is 0. The molecule has 1 fully saturated rings. The van der Waals surface area contributed by atoms with Gasteiger partial charge in [0.2, 0.25) is 0 Å². The van der Waals surface area contributed by atoms with Crippen molar-refractivity contribution in [3.05, 3.63) is 29.6 Å². The maximum atomic E-state index is 12.2. The molecule has 2 atom stereocenters. The van der Waals surface area contributed by atoms with Crippen LogP contribution in [0.1, 0.15) is 23.1 Å². The van der Waals surface area contributed by atoms with Gasteiger partial charge in [-0.25, -0.2) is 4.98 Å². The molecule has 96 valence electrons. The van der Waals surface area contributed by atoms with Crippen molar-refractivity contribution in [3.63, 3.8) is 0 Å². The van der Waals surface area contributed by atoms with Crippen LogP contribution in [0.5, 0.6) is 0 Å². The number of likely N-dealkylation sites (tertiary alicyclic amines) is 1. The standard InChI is InChI=1S/C13H16N2O3/c1-8-6-15(7-10(8)13(17)18)12(16)11-5-3-4-9(2)14-11/h3-5,8,10H,6-7H2,1-2H3,(H,17,18)/t8-,10-/m1/s1. The molecule has 5 nitrogen and oxygen atoms in total. The second-order valence-electron chi connectivity index (χ2n) is 4.80. The van der Waals surface area contributed by atoms with Crippen LogP contribution in [0.4, 0.5) is 0 Å². The van der Waals surface area contributed by atoms with Gasteiger partial charge in [-0.05, 0) is 25.0 Å². The van der Waals surface area contributed by atoms with E-state index in [1.54, 1.807) is 17.0 Å². The predicted octanol–water partition coefficient (Wildman–Crippen LogP) is 1.18. The van der Waals surface area contributed by atoms with Crippen molar-refractivity contribution < 1.29 is 14.7 Å². The number of pyridine rings is 1. The molecule has 0 saturated carbocycles. The monoisotopic (exact) mass is 248 g/mol. The van der Waals surface area contributed by atoms with Crippen molar-refractivity contribution in [2.75, 3.05) is 13.1 Å². The Labute approximate surface area is 105 Å². The third-order valence-corrected chi connectivity index (χ3v) is 3.32. The van der Waals surface area contributed by atoms with Crippen molar-refractivity contribution in [2.24, 2.45) is 11.8 Å². The largest absolute Gasteiger partial charge is 0.481 e. The zero-order chi connectivity index (χ0) is 13.3. The van der Waals surface area contributed by atoms with E-state index < -0.39 is 11.9 Å². The van der Waals surface area contributed by atoms with Crippen LogP contribution < -0.4 is 0 Å². The lowest BCUT2D eigenvalue weighted by Gasteiger charge is -2.15. The summed E-state index contributed by atoms with van der Waals surface area (Å²) >= 11 is 0. The molecular formula is C13H16N2O3. The average Bonchev–Trinajstić information content (AvgIpc) is 2.70. The van der Waals surface area contributed by atoms with Crippen LogP contribution in [0.15, 0.2) is 18.2 Å². The number of carboxylic acids is 1. The van der Waals surface area contributed by atoms with E-state index in [-0.39, 0.29) is 18.4 Å². The number of hydrogen-bond donors (Lipinski definition) is 1. The SMILES string of the molecule is Cc1cccc(C(=O)N2C[C@@H](C)[C@H](C(=O)O)C2)n1. The van der Waals surface area contributed by atoms with Crippen molar-refractivity contribution in [1.82, 2.24) is 9.88 Å². The van der Waals surface area contributed by atoms with Gasteiger partial charge in [0.15, 0.2) is 0 Å². The van der Waals surface area contributed by atoms with Crippen LogP contribution in [0.25, 0.3) is 0 Å². The van der Waals surface area contributed by atoms with Crippen molar-refractivity contribution in [2.45, 2.75) is 13.8 Å². The Kier molecular flexibility index (Phi) is 3.32. The topological polar surface area (TPSA) is 70.5 Å². The molecule has 1 saturated heterocycles. The van der Waals surface area contributed by atoms with Gasteiger partial charge in [0.25, 0.3) is 5.91 Å². The second-order valence-corrected chi connectivity index (χ2v) is 4.80. The minimum Gasteiger partial charge on any atom is -0.481 e. The Morgan fingerprint density at radius 3 is 2.67 bits per heavy atom. The summed E-state index contributed by atoms with van der Waals surface area (Å²) in [7, 11) is 0. The quantitative estimate of drug-likeness (QED) is 0.853. The molecule has 0 aromatic carbocycles. The fourth-order valence-electron chi connectivity index (χ4n) is 2.28. The third kappa shape index (κ3) is 2.34. The maximum absolute atomic E-state index is 12.2. The van der Waals surface area contributed by atoms with Crippen molar-refractivity contribution in [3.8, 4) is 0 Å². The molecule has 0 unspecified atom stereocenters. The number of carboxylic acid groups (broad SMARTS) is 1. The summed E-state index contributed by atoms with van der Waals surface area (Å²) in [6.45, 7) is 4.43. The predicted molar refractivity (Wildman–Crippen MR) is 65.2 cm³/mol. The lowest BCUT2D eigenvalue weighted by atomic mass is 9.99. The molecular weight excluding hydrogens is 232 g/mol. The number of rotatable bonds is 2. The minimum atomic E-state index is -0.838. The van der Waals surface area contributed by atoms with Crippen LogP contribution in [0.3, 0.4) is 0 Å². The van der Waals surface area contributed by atoms with E-state index in [1.807, 2.05) is 19.9 Å². The molecule has 1 amide bonds. The van der Waals surface area contributed by atoms with Gasteiger partial charge in [-0.15, -0.1) is 0 Å². The molecule has 1 aromatic heterocycles. The van der Waals surface area contributed by atoms with E-state index >= 15 is 0 Å². The fraction of sp³-hybridized carbons (Fsp3) is 0.462. The lowest BCUT2D eigenvalue weighted by molar-refractivity contribution is -0.142. The smallest absolute Gasteiger partial charge is 0.308 e. The Morgan fingerprint density at radius 2 is 2.11 bits per heavy atom. The highest BCUT2D eigenvalue weighted by molar-refractivity contribution is 5.93. The Balaban J connectivity index is 2.14. The highest BCUT2D eigenvalue weighted by Crippen LogP contribution is 2.24. The number of hydrogen-bond acceptors (Lipinski definition) is 3. The number of amides is 1. The molecule has 0 spiro atoms. The summed E-state index contributed by atoms with van der Waals surface area (Å²) in [4.78, 5) is 28.9. The summed E-state index contributed by atoms with van der Waals surface area (Å²) in [5, 5.41) is 9.04. The van der Waals surface area contributed by atoms with Gasteiger partial charge in [0, 0.05) is 18.8 Å². The van der Waals surface area contributed by atoms with Gasteiger partial charge >= 0.3 is 5.97 Å². The highest BCUT2D eigenvalue weighted by atomic mass is 16.4. The molecule has 1 aromatic rings. The molecule has 1 aliphatic heterocycles. The van der Waals surface area contributed by atoms with Gasteiger partial charge in [-0.3, -0.25) is 9.59 Å². The van der Waals surface area contributed by atoms with E-state index in [0.717, 1.165) is 5.69 Å². The summed E-state index contributed by atoms with van der Waals surface area (Å²) in [5.41, 5.74) is 1.16. The van der Waals surface area contributed by atoms with Crippen LogP contribution in [-0.4, -0.2) is 40.0 Å². The fourth-order valence-corrected chi connectivity index (χ4v) is 2.28. The summed E-state index contributed by atoms with van der Waals surface area (Å²) < 4.78 is 0. The van der Waals surface area contributed by atoms with Gasteiger partial charge in [-0.2, -0.15) is 0 Å². The molecule has 18 heavy (non-hydrogen) atoms. The molecule has 0 radical (unpaired) electrons.